The van der Waals surface area contributed by atoms with Crippen LogP contribution >= 0.6 is 0 Å². The lowest BCUT2D eigenvalue weighted by atomic mass is 10.1. The first kappa shape index (κ1) is 25.9. The number of pyridine rings is 1. The van der Waals surface area contributed by atoms with Crippen LogP contribution in [0.15, 0.2) is 41.6 Å². The molecule has 12 nitrogen and oxygen atoms in total. The highest BCUT2D eigenvalue weighted by molar-refractivity contribution is 5.98. The van der Waals surface area contributed by atoms with E-state index in [4.69, 9.17) is 10.8 Å². The summed E-state index contributed by atoms with van der Waals surface area (Å²) in [6.45, 7) is 7.16. The van der Waals surface area contributed by atoms with Gasteiger partial charge in [-0.25, -0.2) is 19.8 Å². The van der Waals surface area contributed by atoms with Gasteiger partial charge in [-0.3, -0.25) is 9.69 Å². The molecule has 1 aliphatic rings. The van der Waals surface area contributed by atoms with E-state index in [0.717, 1.165) is 5.56 Å². The van der Waals surface area contributed by atoms with Gasteiger partial charge in [-0.05, 0) is 41.8 Å². The number of H-pyrrole nitrogens is 1. The summed E-state index contributed by atoms with van der Waals surface area (Å²) < 4.78 is 0. The van der Waals surface area contributed by atoms with E-state index in [9.17, 15) is 9.59 Å². The smallest absolute Gasteiger partial charge is 0.407 e. The Hall–Kier alpha value is -4.19. The van der Waals surface area contributed by atoms with E-state index >= 15 is 0 Å². The highest BCUT2D eigenvalue weighted by atomic mass is 16.4. The van der Waals surface area contributed by atoms with Crippen LogP contribution in [0.5, 0.6) is 0 Å². The summed E-state index contributed by atoms with van der Waals surface area (Å²) in [5.74, 6) is 1.64. The molecule has 37 heavy (non-hydrogen) atoms. The normalized spacial score (nSPS) is 14.8. The number of carbonyl (C=O) groups excluding carboxylic acids is 1. The number of rotatable bonds is 8. The molecule has 0 radical (unpaired) electrons. The number of hydrogen-bond acceptors (Lipinski definition) is 7. The van der Waals surface area contributed by atoms with Crippen LogP contribution in [0.1, 0.15) is 36.2 Å². The highest BCUT2D eigenvalue weighted by Crippen LogP contribution is 2.20. The molecule has 3 aromatic rings. The molecular formula is C25H33N9O3. The van der Waals surface area contributed by atoms with Crippen molar-refractivity contribution in [2.24, 2.45) is 16.8 Å². The minimum absolute atomic E-state index is 0.267. The van der Waals surface area contributed by atoms with Gasteiger partial charge < -0.3 is 26.0 Å². The van der Waals surface area contributed by atoms with Crippen LogP contribution in [-0.4, -0.2) is 85.9 Å². The van der Waals surface area contributed by atoms with Crippen LogP contribution in [0.25, 0.3) is 11.0 Å². The monoisotopic (exact) mass is 507 g/mol. The predicted octanol–water partition coefficient (Wildman–Crippen LogP) is 2.89. The Morgan fingerprint density at radius 1 is 1.22 bits per heavy atom. The maximum atomic E-state index is 12.8. The number of aromatic nitrogens is 3. The van der Waals surface area contributed by atoms with E-state index in [0.29, 0.717) is 79.3 Å². The number of anilines is 2. The van der Waals surface area contributed by atoms with Gasteiger partial charge in [-0.15, -0.1) is 0 Å². The molecule has 12 heteroatoms. The maximum Gasteiger partial charge on any atom is 0.407 e. The van der Waals surface area contributed by atoms with Crippen LogP contribution in [0.2, 0.25) is 0 Å². The molecule has 2 aromatic heterocycles. The van der Waals surface area contributed by atoms with Crippen LogP contribution in [-0.2, 0) is 6.54 Å². The number of carbonyl (C=O) groups is 2. The molecule has 3 heterocycles. The molecule has 0 aliphatic carbocycles. The lowest BCUT2D eigenvalue weighted by molar-refractivity contribution is 0.0798. The molecule has 1 saturated heterocycles. The van der Waals surface area contributed by atoms with Crippen molar-refractivity contribution in [2.75, 3.05) is 38.5 Å². The van der Waals surface area contributed by atoms with E-state index in [2.05, 4.69) is 30.3 Å². The van der Waals surface area contributed by atoms with Gasteiger partial charge in [0.2, 0.25) is 5.95 Å². The predicted molar refractivity (Wildman–Crippen MR) is 142 cm³/mol. The second kappa shape index (κ2) is 11.2. The van der Waals surface area contributed by atoms with Crippen molar-refractivity contribution in [2.45, 2.75) is 26.8 Å². The first-order valence-electron chi connectivity index (χ1n) is 12.2. The van der Waals surface area contributed by atoms with Crippen molar-refractivity contribution in [3.63, 3.8) is 0 Å². The molecule has 2 amide bonds. The molecule has 0 atom stereocenters. The molecule has 1 aromatic carbocycles. The largest absolute Gasteiger partial charge is 0.465 e. The van der Waals surface area contributed by atoms with E-state index < -0.39 is 6.09 Å². The summed E-state index contributed by atoms with van der Waals surface area (Å²) in [5, 5.41) is 17.8. The Kier molecular flexibility index (Phi) is 7.87. The Labute approximate surface area is 215 Å². The third-order valence-corrected chi connectivity index (χ3v) is 6.04. The van der Waals surface area contributed by atoms with Crippen molar-refractivity contribution >= 4 is 40.6 Å². The number of amidine groups is 1. The minimum Gasteiger partial charge on any atom is -0.465 e. The number of nitrogens with two attached hydrogens (primary N) is 1. The Morgan fingerprint density at radius 2 is 1.97 bits per heavy atom. The Balaban J connectivity index is 1.41. The molecule has 0 unspecified atom stereocenters. The number of imidazole rings is 1. The fraction of sp³-hybridized carbons (Fsp3) is 0.400. The van der Waals surface area contributed by atoms with Gasteiger partial charge in [0, 0.05) is 58.0 Å². The quantitative estimate of drug-likeness (QED) is 0.206. The number of piperazine rings is 1. The first-order valence-corrected chi connectivity index (χ1v) is 12.2. The molecule has 0 bridgehead atoms. The van der Waals surface area contributed by atoms with Gasteiger partial charge in [0.25, 0.3) is 5.91 Å². The zero-order valence-electron chi connectivity index (χ0n) is 21.3. The Bertz CT molecular complexity index is 1300. The molecule has 1 aliphatic heterocycles. The van der Waals surface area contributed by atoms with Crippen molar-refractivity contribution in [1.82, 2.24) is 29.8 Å². The van der Waals surface area contributed by atoms with Gasteiger partial charge in [0.1, 0.15) is 11.7 Å². The molecule has 0 spiro atoms. The van der Waals surface area contributed by atoms with E-state index in [1.165, 1.54) is 9.91 Å². The average Bonchev–Trinajstić information content (AvgIpc) is 3.25. The first-order chi connectivity index (χ1) is 17.7. The van der Waals surface area contributed by atoms with Crippen molar-refractivity contribution in [3.8, 4) is 0 Å². The summed E-state index contributed by atoms with van der Waals surface area (Å²) in [6, 6.07) is 9.11. The second-order valence-electron chi connectivity index (χ2n) is 9.56. The van der Waals surface area contributed by atoms with Gasteiger partial charge in [-0.1, -0.05) is 13.8 Å². The number of hydrogen-bond donors (Lipinski definition) is 4. The summed E-state index contributed by atoms with van der Waals surface area (Å²) in [6.07, 6.45) is 1.47. The molecule has 4 rings (SSSR count). The number of aromatic amines is 1. The SMILES string of the molecule is CC(C)CC(N)=NN(C)C(=O)c1ccc2nc(Nc3cc(CN4CCN(C(=O)O)CC4)ccn3)[nH]c2c1. The van der Waals surface area contributed by atoms with Crippen molar-refractivity contribution in [1.29, 1.82) is 0 Å². The number of amides is 2. The van der Waals surface area contributed by atoms with E-state index in [1.807, 2.05) is 26.0 Å². The van der Waals surface area contributed by atoms with Gasteiger partial charge >= 0.3 is 6.09 Å². The lowest BCUT2D eigenvalue weighted by Crippen LogP contribution is -2.47. The van der Waals surface area contributed by atoms with Crippen molar-refractivity contribution < 1.29 is 14.7 Å². The highest BCUT2D eigenvalue weighted by Gasteiger charge is 2.20. The third kappa shape index (κ3) is 6.73. The second-order valence-corrected chi connectivity index (χ2v) is 9.56. The molecule has 1 fully saturated rings. The summed E-state index contributed by atoms with van der Waals surface area (Å²) in [5.41, 5.74) is 8.87. The maximum absolute atomic E-state index is 12.8. The molecular weight excluding hydrogens is 474 g/mol. The van der Waals surface area contributed by atoms with Crippen molar-refractivity contribution in [3.05, 3.63) is 47.7 Å². The molecule has 196 valence electrons. The minimum atomic E-state index is -0.871. The molecule has 0 saturated carbocycles. The molecule has 5 N–H and O–H groups in total. The number of hydrazone groups is 1. The van der Waals surface area contributed by atoms with Gasteiger partial charge in [0.15, 0.2) is 0 Å². The topological polar surface area (TPSA) is 156 Å². The van der Waals surface area contributed by atoms with Gasteiger partial charge in [-0.2, -0.15) is 5.10 Å². The summed E-state index contributed by atoms with van der Waals surface area (Å²) in [4.78, 5) is 39.7. The van der Waals surface area contributed by atoms with E-state index in [-0.39, 0.29) is 5.91 Å². The summed E-state index contributed by atoms with van der Waals surface area (Å²) in [7, 11) is 1.59. The Morgan fingerprint density at radius 3 is 2.68 bits per heavy atom. The zero-order valence-corrected chi connectivity index (χ0v) is 21.3. The fourth-order valence-corrected chi connectivity index (χ4v) is 4.20. The number of carboxylic acid groups (broad SMARTS) is 1. The average molecular weight is 508 g/mol. The van der Waals surface area contributed by atoms with Crippen LogP contribution in [0, 0.1) is 5.92 Å². The lowest BCUT2D eigenvalue weighted by Gasteiger charge is -2.33. The number of nitrogens with one attached hydrogen (secondary N) is 2. The summed E-state index contributed by atoms with van der Waals surface area (Å²) >= 11 is 0. The number of nitrogens with zero attached hydrogens (tertiary/aromatic N) is 6. The zero-order chi connectivity index (χ0) is 26.5. The standard InChI is InChI=1S/C25H33N9O3/c1-16(2)12-21(26)31-32(3)23(35)18-4-5-19-20(14-18)29-24(28-19)30-22-13-17(6-7-27-22)15-33-8-10-34(11-9-33)25(36)37/h4-7,13-14,16H,8-12,15H2,1-3H3,(H2,26,31)(H,36,37)(H2,27,28,29,30). The van der Waals surface area contributed by atoms with Crippen LogP contribution < -0.4 is 11.1 Å². The van der Waals surface area contributed by atoms with Crippen LogP contribution in [0.4, 0.5) is 16.6 Å². The number of fused-ring (bicyclic) bond motifs is 1. The number of benzene rings is 1. The fourth-order valence-electron chi connectivity index (χ4n) is 4.20. The van der Waals surface area contributed by atoms with Gasteiger partial charge in [0.05, 0.1) is 11.0 Å². The van der Waals surface area contributed by atoms with E-state index in [1.54, 1.807) is 31.4 Å². The third-order valence-electron chi connectivity index (χ3n) is 6.04. The van der Waals surface area contributed by atoms with Crippen LogP contribution in [0.3, 0.4) is 0 Å².